The van der Waals surface area contributed by atoms with Gasteiger partial charge < -0.3 is 9.67 Å². The average molecular weight is 387 g/mol. The Hall–Kier alpha value is -2.14. The molecule has 24 heavy (non-hydrogen) atoms. The average Bonchev–Trinajstić information content (AvgIpc) is 2.90. The second-order valence-corrected chi connectivity index (χ2v) is 6.68. The molecule has 1 heterocycles. The van der Waals surface area contributed by atoms with E-state index in [-0.39, 0.29) is 5.56 Å². The number of carboxylic acids is 1. The Kier molecular flexibility index (Phi) is 5.00. The second-order valence-electron chi connectivity index (χ2n) is 5.83. The Labute approximate surface area is 149 Å². The molecule has 0 amide bonds. The number of aryl methyl sites for hydroxylation is 1. The number of carbonyl (C=O) groups is 1. The number of halogens is 1. The van der Waals surface area contributed by atoms with Crippen molar-refractivity contribution in [2.45, 2.75) is 32.7 Å². The lowest BCUT2D eigenvalue weighted by Gasteiger charge is -2.10. The smallest absolute Gasteiger partial charge is 0.336 e. The molecule has 3 rings (SSSR count). The largest absolute Gasteiger partial charge is 0.478 e. The molecule has 0 saturated heterocycles. The van der Waals surface area contributed by atoms with Crippen LogP contribution in [0.5, 0.6) is 0 Å². The molecule has 0 aliphatic heterocycles. The molecule has 2 aromatic carbocycles. The van der Waals surface area contributed by atoms with Gasteiger partial charge in [0.1, 0.15) is 5.82 Å². The summed E-state index contributed by atoms with van der Waals surface area (Å²) in [4.78, 5) is 15.9. The molecule has 4 nitrogen and oxygen atoms in total. The minimum Gasteiger partial charge on any atom is -0.478 e. The number of para-hydroxylation sites is 2. The summed E-state index contributed by atoms with van der Waals surface area (Å²) in [6.07, 6.45) is 3.17. The first kappa shape index (κ1) is 16.7. The molecular weight excluding hydrogens is 368 g/mol. The number of unbranched alkanes of at least 4 members (excludes halogenated alkanes) is 1. The van der Waals surface area contributed by atoms with Gasteiger partial charge in [0, 0.05) is 17.4 Å². The summed E-state index contributed by atoms with van der Waals surface area (Å²) in [6, 6.07) is 13.5. The molecule has 0 radical (unpaired) electrons. The van der Waals surface area contributed by atoms with E-state index < -0.39 is 5.97 Å². The summed E-state index contributed by atoms with van der Waals surface area (Å²) in [7, 11) is 0. The van der Waals surface area contributed by atoms with Gasteiger partial charge in [0.15, 0.2) is 0 Å². The Morgan fingerprint density at radius 3 is 2.75 bits per heavy atom. The standard InChI is InChI=1S/C19H19BrN2O2/c1-2-3-8-18-21-16-6-4-5-7-17(16)22(18)12-13-9-10-14(19(23)24)15(20)11-13/h4-7,9-11H,2-3,8,12H2,1H3,(H,23,24). The van der Waals surface area contributed by atoms with Gasteiger partial charge in [-0.3, -0.25) is 0 Å². The molecule has 0 atom stereocenters. The van der Waals surface area contributed by atoms with Gasteiger partial charge in [0.05, 0.1) is 16.6 Å². The van der Waals surface area contributed by atoms with Gasteiger partial charge >= 0.3 is 5.97 Å². The molecule has 0 fully saturated rings. The van der Waals surface area contributed by atoms with Crippen LogP contribution in [-0.2, 0) is 13.0 Å². The van der Waals surface area contributed by atoms with Gasteiger partial charge in [-0.15, -0.1) is 0 Å². The predicted molar refractivity (Wildman–Crippen MR) is 98.5 cm³/mol. The van der Waals surface area contributed by atoms with Crippen LogP contribution in [0.4, 0.5) is 0 Å². The van der Waals surface area contributed by atoms with E-state index in [9.17, 15) is 4.79 Å². The van der Waals surface area contributed by atoms with Crippen molar-refractivity contribution in [3.8, 4) is 0 Å². The zero-order valence-corrected chi connectivity index (χ0v) is 15.1. The maximum atomic E-state index is 11.2. The number of hydrogen-bond acceptors (Lipinski definition) is 2. The van der Waals surface area contributed by atoms with E-state index in [1.165, 1.54) is 0 Å². The summed E-state index contributed by atoms with van der Waals surface area (Å²) in [6.45, 7) is 2.85. The van der Waals surface area contributed by atoms with Crippen molar-refractivity contribution in [3.63, 3.8) is 0 Å². The Bertz CT molecular complexity index is 886. The van der Waals surface area contributed by atoms with E-state index in [4.69, 9.17) is 10.1 Å². The first-order valence-corrected chi connectivity index (χ1v) is 8.85. The molecule has 5 heteroatoms. The van der Waals surface area contributed by atoms with E-state index in [0.29, 0.717) is 11.0 Å². The fourth-order valence-electron chi connectivity index (χ4n) is 2.84. The summed E-state index contributed by atoms with van der Waals surface area (Å²) in [5.41, 5.74) is 3.44. The highest BCUT2D eigenvalue weighted by molar-refractivity contribution is 9.10. The summed E-state index contributed by atoms with van der Waals surface area (Å²) >= 11 is 3.36. The molecule has 0 aliphatic rings. The topological polar surface area (TPSA) is 55.1 Å². The third-order valence-electron chi connectivity index (χ3n) is 4.09. The number of hydrogen-bond donors (Lipinski definition) is 1. The van der Waals surface area contributed by atoms with Crippen LogP contribution in [0.25, 0.3) is 11.0 Å². The zero-order valence-electron chi connectivity index (χ0n) is 13.5. The lowest BCUT2D eigenvalue weighted by atomic mass is 10.1. The summed E-state index contributed by atoms with van der Waals surface area (Å²) in [5, 5.41) is 9.15. The molecular formula is C19H19BrN2O2. The lowest BCUT2D eigenvalue weighted by Crippen LogP contribution is -2.06. The fourth-order valence-corrected chi connectivity index (χ4v) is 3.44. The molecule has 1 N–H and O–H groups in total. The van der Waals surface area contributed by atoms with Crippen LogP contribution in [0.15, 0.2) is 46.9 Å². The quantitative estimate of drug-likeness (QED) is 0.655. The number of imidazole rings is 1. The van der Waals surface area contributed by atoms with E-state index in [0.717, 1.165) is 41.7 Å². The maximum Gasteiger partial charge on any atom is 0.336 e. The van der Waals surface area contributed by atoms with Crippen molar-refractivity contribution in [1.82, 2.24) is 9.55 Å². The highest BCUT2D eigenvalue weighted by Crippen LogP contribution is 2.23. The van der Waals surface area contributed by atoms with E-state index in [1.807, 2.05) is 30.3 Å². The third kappa shape index (κ3) is 3.36. The van der Waals surface area contributed by atoms with Gasteiger partial charge in [-0.25, -0.2) is 9.78 Å². The molecule has 1 aromatic heterocycles. The van der Waals surface area contributed by atoms with Crippen molar-refractivity contribution < 1.29 is 9.90 Å². The van der Waals surface area contributed by atoms with Crippen molar-refractivity contribution in [2.75, 3.05) is 0 Å². The van der Waals surface area contributed by atoms with Gasteiger partial charge in [-0.1, -0.05) is 31.5 Å². The van der Waals surface area contributed by atoms with Crippen LogP contribution in [0.2, 0.25) is 0 Å². The maximum absolute atomic E-state index is 11.2. The van der Waals surface area contributed by atoms with Crippen LogP contribution in [0.3, 0.4) is 0 Å². The zero-order chi connectivity index (χ0) is 17.1. The number of nitrogens with zero attached hydrogens (tertiary/aromatic N) is 2. The third-order valence-corrected chi connectivity index (χ3v) is 4.75. The SMILES string of the molecule is CCCCc1nc2ccccc2n1Cc1ccc(C(=O)O)c(Br)c1. The molecule has 124 valence electrons. The number of aromatic nitrogens is 2. The van der Waals surface area contributed by atoms with Crippen LogP contribution in [0, 0.1) is 0 Å². The van der Waals surface area contributed by atoms with Crippen molar-refractivity contribution in [3.05, 3.63) is 63.9 Å². The minimum absolute atomic E-state index is 0.278. The van der Waals surface area contributed by atoms with Gasteiger partial charge in [-0.2, -0.15) is 0 Å². The highest BCUT2D eigenvalue weighted by Gasteiger charge is 2.13. The Morgan fingerprint density at radius 1 is 1.25 bits per heavy atom. The van der Waals surface area contributed by atoms with E-state index in [1.54, 1.807) is 6.07 Å². The van der Waals surface area contributed by atoms with Crippen molar-refractivity contribution in [2.24, 2.45) is 0 Å². The summed E-state index contributed by atoms with van der Waals surface area (Å²) < 4.78 is 2.83. The van der Waals surface area contributed by atoms with E-state index >= 15 is 0 Å². The molecule has 0 spiro atoms. The predicted octanol–water partition coefficient (Wildman–Crippen LogP) is 4.89. The highest BCUT2D eigenvalue weighted by atomic mass is 79.9. The summed E-state index contributed by atoms with van der Waals surface area (Å²) in [5.74, 6) is 0.154. The van der Waals surface area contributed by atoms with Gasteiger partial charge in [0.2, 0.25) is 0 Å². The molecule has 0 bridgehead atoms. The first-order valence-electron chi connectivity index (χ1n) is 8.06. The normalized spacial score (nSPS) is 11.1. The first-order chi connectivity index (χ1) is 11.6. The number of fused-ring (bicyclic) bond motifs is 1. The monoisotopic (exact) mass is 386 g/mol. The number of rotatable bonds is 6. The molecule has 0 aliphatic carbocycles. The fraction of sp³-hybridized carbons (Fsp3) is 0.263. The number of aromatic carboxylic acids is 1. The van der Waals surface area contributed by atoms with Gasteiger partial charge in [-0.05, 0) is 52.2 Å². The Morgan fingerprint density at radius 2 is 2.04 bits per heavy atom. The van der Waals surface area contributed by atoms with E-state index in [2.05, 4.69) is 33.5 Å². The number of benzene rings is 2. The van der Waals surface area contributed by atoms with Crippen LogP contribution in [0.1, 0.15) is 41.5 Å². The number of carboxylic acid groups (broad SMARTS) is 1. The Balaban J connectivity index is 1.99. The van der Waals surface area contributed by atoms with Crippen LogP contribution < -0.4 is 0 Å². The molecule has 0 saturated carbocycles. The molecule has 3 aromatic rings. The van der Waals surface area contributed by atoms with Crippen LogP contribution >= 0.6 is 15.9 Å². The van der Waals surface area contributed by atoms with Crippen LogP contribution in [-0.4, -0.2) is 20.6 Å². The second kappa shape index (κ2) is 7.18. The lowest BCUT2D eigenvalue weighted by molar-refractivity contribution is 0.0696. The van der Waals surface area contributed by atoms with Crippen molar-refractivity contribution >= 4 is 32.9 Å². The molecule has 0 unspecified atom stereocenters. The van der Waals surface area contributed by atoms with Crippen molar-refractivity contribution in [1.29, 1.82) is 0 Å². The van der Waals surface area contributed by atoms with Gasteiger partial charge in [0.25, 0.3) is 0 Å². The minimum atomic E-state index is -0.926.